The quantitative estimate of drug-likeness (QED) is 0.825. The fourth-order valence-electron chi connectivity index (χ4n) is 2.45. The Kier molecular flexibility index (Phi) is 3.72. The summed E-state index contributed by atoms with van der Waals surface area (Å²) in [5.74, 6) is 1.59. The zero-order valence-corrected chi connectivity index (χ0v) is 11.1. The maximum atomic E-state index is 5.92. The van der Waals surface area contributed by atoms with Crippen molar-refractivity contribution in [2.75, 3.05) is 17.7 Å². The van der Waals surface area contributed by atoms with Gasteiger partial charge in [-0.05, 0) is 31.6 Å². The molecule has 0 bridgehead atoms. The van der Waals surface area contributed by atoms with Gasteiger partial charge in [-0.1, -0.05) is 18.5 Å². The molecule has 1 fully saturated rings. The van der Waals surface area contributed by atoms with Gasteiger partial charge in [0.15, 0.2) is 11.0 Å². The van der Waals surface area contributed by atoms with Crippen LogP contribution in [-0.2, 0) is 0 Å². The average Bonchev–Trinajstić information content (AvgIpc) is 2.33. The maximum Gasteiger partial charge on any atom is 0.157 e. The van der Waals surface area contributed by atoms with E-state index < -0.39 is 0 Å². The van der Waals surface area contributed by atoms with Crippen LogP contribution in [0.3, 0.4) is 0 Å². The number of anilines is 2. The van der Waals surface area contributed by atoms with E-state index in [0.29, 0.717) is 16.9 Å². The summed E-state index contributed by atoms with van der Waals surface area (Å²) in [5.41, 5.74) is 6.40. The normalized spacial score (nSPS) is 24.6. The number of rotatable bonds is 2. The largest absolute Gasteiger partial charge is 0.393 e. The zero-order valence-electron chi connectivity index (χ0n) is 10.4. The van der Waals surface area contributed by atoms with Crippen molar-refractivity contribution in [2.24, 2.45) is 5.92 Å². The Hall–Kier alpha value is -1.03. The standard InChI is InChI=1S/C12H19ClN4/c1-8-3-5-9(6-4-8)17(2)12-10(14)11(13)15-7-16-12/h7-9H,3-6,14H2,1-2H3. The van der Waals surface area contributed by atoms with Crippen LogP contribution in [0.5, 0.6) is 0 Å². The van der Waals surface area contributed by atoms with Gasteiger partial charge in [-0.3, -0.25) is 0 Å². The number of nitrogens with two attached hydrogens (primary N) is 1. The maximum absolute atomic E-state index is 5.92. The molecule has 1 heterocycles. The van der Waals surface area contributed by atoms with Crippen LogP contribution in [0.1, 0.15) is 32.6 Å². The second-order valence-electron chi connectivity index (χ2n) is 4.93. The summed E-state index contributed by atoms with van der Waals surface area (Å²) in [6, 6.07) is 0.513. The molecule has 0 unspecified atom stereocenters. The Morgan fingerprint density at radius 2 is 1.94 bits per heavy atom. The van der Waals surface area contributed by atoms with Crippen LogP contribution < -0.4 is 10.6 Å². The van der Waals surface area contributed by atoms with Crippen LogP contribution in [0, 0.1) is 5.92 Å². The van der Waals surface area contributed by atoms with Crippen LogP contribution in [0.2, 0.25) is 5.15 Å². The molecule has 1 saturated carbocycles. The smallest absolute Gasteiger partial charge is 0.157 e. The Labute approximate surface area is 107 Å². The Bertz CT molecular complexity index is 388. The van der Waals surface area contributed by atoms with Gasteiger partial charge in [-0.25, -0.2) is 9.97 Å². The van der Waals surface area contributed by atoms with Gasteiger partial charge in [0.05, 0.1) is 0 Å². The van der Waals surface area contributed by atoms with Crippen LogP contribution in [0.15, 0.2) is 6.33 Å². The van der Waals surface area contributed by atoms with E-state index >= 15 is 0 Å². The van der Waals surface area contributed by atoms with E-state index in [2.05, 4.69) is 21.8 Å². The molecule has 0 spiro atoms. The molecule has 1 aromatic rings. The summed E-state index contributed by atoms with van der Waals surface area (Å²) in [4.78, 5) is 10.3. The first-order valence-corrected chi connectivity index (χ1v) is 6.46. The van der Waals surface area contributed by atoms with Crippen molar-refractivity contribution in [3.63, 3.8) is 0 Å². The van der Waals surface area contributed by atoms with Crippen molar-refractivity contribution < 1.29 is 0 Å². The first-order valence-electron chi connectivity index (χ1n) is 6.08. The van der Waals surface area contributed by atoms with Gasteiger partial charge in [-0.15, -0.1) is 0 Å². The van der Waals surface area contributed by atoms with E-state index in [-0.39, 0.29) is 0 Å². The van der Waals surface area contributed by atoms with Crippen LogP contribution in [0.4, 0.5) is 11.5 Å². The van der Waals surface area contributed by atoms with Gasteiger partial charge in [0.25, 0.3) is 0 Å². The third-order valence-electron chi connectivity index (χ3n) is 3.68. The van der Waals surface area contributed by atoms with Crippen molar-refractivity contribution in [2.45, 2.75) is 38.6 Å². The molecule has 2 N–H and O–H groups in total. The number of aromatic nitrogens is 2. The third kappa shape index (κ3) is 2.63. The van der Waals surface area contributed by atoms with E-state index in [0.717, 1.165) is 11.7 Å². The van der Waals surface area contributed by atoms with Gasteiger partial charge in [0.1, 0.15) is 12.0 Å². The summed E-state index contributed by atoms with van der Waals surface area (Å²) < 4.78 is 0. The Morgan fingerprint density at radius 3 is 2.59 bits per heavy atom. The topological polar surface area (TPSA) is 55.0 Å². The highest BCUT2D eigenvalue weighted by Crippen LogP contribution is 2.32. The molecule has 1 aliphatic rings. The highest BCUT2D eigenvalue weighted by molar-refractivity contribution is 6.32. The van der Waals surface area contributed by atoms with E-state index in [1.807, 2.05) is 7.05 Å². The highest BCUT2D eigenvalue weighted by Gasteiger charge is 2.24. The van der Waals surface area contributed by atoms with Crippen LogP contribution >= 0.6 is 11.6 Å². The van der Waals surface area contributed by atoms with Gasteiger partial charge in [-0.2, -0.15) is 0 Å². The summed E-state index contributed by atoms with van der Waals surface area (Å²) in [5, 5.41) is 0.339. The molecule has 0 aliphatic heterocycles. The van der Waals surface area contributed by atoms with Crippen LogP contribution in [0.25, 0.3) is 0 Å². The van der Waals surface area contributed by atoms with Crippen molar-refractivity contribution in [1.82, 2.24) is 9.97 Å². The lowest BCUT2D eigenvalue weighted by Gasteiger charge is -2.34. The number of hydrogen-bond acceptors (Lipinski definition) is 4. The SMILES string of the molecule is CC1CCC(N(C)c2ncnc(Cl)c2N)CC1. The fourth-order valence-corrected chi connectivity index (χ4v) is 2.58. The molecule has 1 aliphatic carbocycles. The predicted octanol–water partition coefficient (Wildman–Crippen LogP) is 2.73. The predicted molar refractivity (Wildman–Crippen MR) is 71.3 cm³/mol. The van der Waals surface area contributed by atoms with Gasteiger partial charge >= 0.3 is 0 Å². The summed E-state index contributed by atoms with van der Waals surface area (Å²) in [6.45, 7) is 2.31. The van der Waals surface area contributed by atoms with Crippen molar-refractivity contribution >= 4 is 23.1 Å². The molecule has 1 aromatic heterocycles. The Balaban J connectivity index is 2.14. The minimum absolute atomic E-state index is 0.339. The molecule has 5 heteroatoms. The van der Waals surface area contributed by atoms with Crippen molar-refractivity contribution in [3.05, 3.63) is 11.5 Å². The van der Waals surface area contributed by atoms with Gasteiger partial charge in [0, 0.05) is 13.1 Å². The third-order valence-corrected chi connectivity index (χ3v) is 3.98. The lowest BCUT2D eigenvalue weighted by atomic mass is 9.87. The summed E-state index contributed by atoms with van der Waals surface area (Å²) in [6.07, 6.45) is 6.40. The zero-order chi connectivity index (χ0) is 12.4. The Morgan fingerprint density at radius 1 is 1.29 bits per heavy atom. The minimum atomic E-state index is 0.339. The van der Waals surface area contributed by atoms with E-state index in [4.69, 9.17) is 17.3 Å². The van der Waals surface area contributed by atoms with E-state index in [1.165, 1.54) is 32.0 Å². The first kappa shape index (κ1) is 12.4. The molecular formula is C12H19ClN4. The second-order valence-corrected chi connectivity index (χ2v) is 5.28. The molecule has 0 radical (unpaired) electrons. The van der Waals surface area contributed by atoms with Crippen molar-refractivity contribution in [3.8, 4) is 0 Å². The summed E-state index contributed by atoms with van der Waals surface area (Å²) in [7, 11) is 2.04. The van der Waals surface area contributed by atoms with Gasteiger partial charge in [0.2, 0.25) is 0 Å². The number of nitrogen functional groups attached to an aromatic ring is 1. The molecule has 0 amide bonds. The second kappa shape index (κ2) is 5.08. The van der Waals surface area contributed by atoms with Crippen molar-refractivity contribution in [1.29, 1.82) is 0 Å². The van der Waals surface area contributed by atoms with Gasteiger partial charge < -0.3 is 10.6 Å². The minimum Gasteiger partial charge on any atom is -0.393 e. The lowest BCUT2D eigenvalue weighted by molar-refractivity contribution is 0.340. The molecule has 94 valence electrons. The fraction of sp³-hybridized carbons (Fsp3) is 0.667. The molecule has 0 atom stereocenters. The molecule has 4 nitrogen and oxygen atoms in total. The average molecular weight is 255 g/mol. The monoisotopic (exact) mass is 254 g/mol. The van der Waals surface area contributed by atoms with E-state index in [1.54, 1.807) is 0 Å². The highest BCUT2D eigenvalue weighted by atomic mass is 35.5. The lowest BCUT2D eigenvalue weighted by Crippen LogP contribution is -2.35. The molecule has 2 rings (SSSR count). The summed E-state index contributed by atoms with van der Waals surface area (Å²) >= 11 is 5.92. The molecular weight excluding hydrogens is 236 g/mol. The molecule has 0 saturated heterocycles. The number of halogens is 1. The van der Waals surface area contributed by atoms with Crippen LogP contribution in [-0.4, -0.2) is 23.1 Å². The van der Waals surface area contributed by atoms with E-state index in [9.17, 15) is 0 Å². The number of nitrogens with zero attached hydrogens (tertiary/aromatic N) is 3. The number of hydrogen-bond donors (Lipinski definition) is 1. The first-order chi connectivity index (χ1) is 8.09. The molecule has 0 aromatic carbocycles. The molecule has 17 heavy (non-hydrogen) atoms.